The molecule has 1 aliphatic heterocycles. The summed E-state index contributed by atoms with van der Waals surface area (Å²) in [6, 6.07) is 11.6. The van der Waals surface area contributed by atoms with E-state index in [2.05, 4.69) is 4.98 Å². The van der Waals surface area contributed by atoms with Crippen LogP contribution in [0.5, 0.6) is 0 Å². The van der Waals surface area contributed by atoms with Gasteiger partial charge >= 0.3 is 6.18 Å². The van der Waals surface area contributed by atoms with Crippen molar-refractivity contribution in [2.45, 2.75) is 24.0 Å². The molecular formula is C18H16F3N3O2S. The number of hydrogen-bond donors (Lipinski definition) is 0. The van der Waals surface area contributed by atoms with Crippen molar-refractivity contribution in [3.05, 3.63) is 59.9 Å². The molecular weight excluding hydrogens is 379 g/mol. The van der Waals surface area contributed by atoms with Crippen molar-refractivity contribution in [1.29, 1.82) is 0 Å². The number of hydrogen-bond acceptors (Lipinski definition) is 3. The Labute approximate surface area is 154 Å². The Kier molecular flexibility index (Phi) is 4.04. The fourth-order valence-electron chi connectivity index (χ4n) is 3.47. The molecule has 9 heteroatoms. The molecule has 1 aliphatic rings. The Balaban J connectivity index is 1.64. The number of alkyl halides is 3. The zero-order valence-corrected chi connectivity index (χ0v) is 15.1. The van der Waals surface area contributed by atoms with Gasteiger partial charge in [-0.05, 0) is 31.2 Å². The van der Waals surface area contributed by atoms with Gasteiger partial charge in [0, 0.05) is 13.1 Å². The second kappa shape index (κ2) is 6.07. The van der Waals surface area contributed by atoms with Crippen LogP contribution in [-0.2, 0) is 16.2 Å². The molecule has 0 atom stereocenters. The topological polar surface area (TPSA) is 55.2 Å². The fraction of sp³-hybridized carbons (Fsp3) is 0.278. The quantitative estimate of drug-likeness (QED) is 0.681. The number of aromatic nitrogens is 2. The first-order chi connectivity index (χ1) is 12.7. The molecule has 3 aromatic rings. The van der Waals surface area contributed by atoms with Crippen LogP contribution in [0.25, 0.3) is 11.0 Å². The SMILES string of the molecule is Cc1nc2ccccc2n1C1CN(S(=O)(=O)c2ccccc2C(F)(F)F)C1. The number of halogens is 3. The highest BCUT2D eigenvalue weighted by molar-refractivity contribution is 7.89. The van der Waals surface area contributed by atoms with E-state index < -0.39 is 26.7 Å². The van der Waals surface area contributed by atoms with Crippen molar-refractivity contribution in [1.82, 2.24) is 13.9 Å². The summed E-state index contributed by atoms with van der Waals surface area (Å²) < 4.78 is 68.1. The summed E-state index contributed by atoms with van der Waals surface area (Å²) in [6.45, 7) is 2.04. The third kappa shape index (κ3) is 2.90. The summed E-state index contributed by atoms with van der Waals surface area (Å²) >= 11 is 0. The van der Waals surface area contributed by atoms with Gasteiger partial charge in [-0.2, -0.15) is 17.5 Å². The number of benzene rings is 2. The Morgan fingerprint density at radius 2 is 1.67 bits per heavy atom. The standard InChI is InChI=1S/C18H16F3N3O2S/c1-12-22-15-7-3-4-8-16(15)24(12)13-10-23(11-13)27(25,26)17-9-5-2-6-14(17)18(19,20)21/h2-9,13H,10-11H2,1H3. The molecule has 0 bridgehead atoms. The number of sulfonamides is 1. The Morgan fingerprint density at radius 1 is 1.04 bits per heavy atom. The average molecular weight is 395 g/mol. The Bertz CT molecular complexity index is 1120. The highest BCUT2D eigenvalue weighted by atomic mass is 32.2. The van der Waals surface area contributed by atoms with Crippen LogP contribution in [0.4, 0.5) is 13.2 Å². The summed E-state index contributed by atoms with van der Waals surface area (Å²) in [5, 5.41) is 0. The van der Waals surface area contributed by atoms with Crippen LogP contribution in [0, 0.1) is 6.92 Å². The van der Waals surface area contributed by atoms with Crippen molar-refractivity contribution in [2.75, 3.05) is 13.1 Å². The predicted molar refractivity (Wildman–Crippen MR) is 93.7 cm³/mol. The molecule has 5 nitrogen and oxygen atoms in total. The lowest BCUT2D eigenvalue weighted by Crippen LogP contribution is -2.51. The fourth-order valence-corrected chi connectivity index (χ4v) is 5.19. The molecule has 0 amide bonds. The highest BCUT2D eigenvalue weighted by Gasteiger charge is 2.43. The molecule has 1 aromatic heterocycles. The molecule has 1 fully saturated rings. The van der Waals surface area contributed by atoms with Crippen LogP contribution < -0.4 is 0 Å². The zero-order valence-electron chi connectivity index (χ0n) is 14.3. The number of imidazole rings is 1. The minimum Gasteiger partial charge on any atom is -0.322 e. The summed E-state index contributed by atoms with van der Waals surface area (Å²) in [4.78, 5) is 3.75. The molecule has 0 unspecified atom stereocenters. The predicted octanol–water partition coefficient (Wildman–Crippen LogP) is 3.61. The van der Waals surface area contributed by atoms with Gasteiger partial charge in [0.25, 0.3) is 0 Å². The molecule has 4 rings (SSSR count). The largest absolute Gasteiger partial charge is 0.417 e. The highest BCUT2D eigenvalue weighted by Crippen LogP contribution is 2.38. The molecule has 0 saturated carbocycles. The van der Waals surface area contributed by atoms with Crippen LogP contribution in [0.3, 0.4) is 0 Å². The first-order valence-electron chi connectivity index (χ1n) is 8.29. The maximum atomic E-state index is 13.2. The maximum Gasteiger partial charge on any atom is 0.417 e. The summed E-state index contributed by atoms with van der Waals surface area (Å²) in [6.07, 6.45) is -4.73. The van der Waals surface area contributed by atoms with E-state index in [1.807, 2.05) is 35.8 Å². The number of nitrogens with zero attached hydrogens (tertiary/aromatic N) is 3. The van der Waals surface area contributed by atoms with E-state index in [4.69, 9.17) is 0 Å². The molecule has 0 radical (unpaired) electrons. The van der Waals surface area contributed by atoms with Crippen molar-refractivity contribution < 1.29 is 21.6 Å². The van der Waals surface area contributed by atoms with Gasteiger partial charge in [0.15, 0.2) is 0 Å². The van der Waals surface area contributed by atoms with E-state index >= 15 is 0 Å². The van der Waals surface area contributed by atoms with Crippen LogP contribution in [0.15, 0.2) is 53.4 Å². The third-order valence-corrected chi connectivity index (χ3v) is 6.67. The summed E-state index contributed by atoms with van der Waals surface area (Å²) in [5.41, 5.74) is 0.546. The molecule has 142 valence electrons. The van der Waals surface area contributed by atoms with Gasteiger partial charge in [-0.15, -0.1) is 0 Å². The summed E-state index contributed by atoms with van der Waals surface area (Å²) in [5.74, 6) is 0.744. The van der Waals surface area contributed by atoms with Crippen LogP contribution in [-0.4, -0.2) is 35.4 Å². The number of rotatable bonds is 3. The zero-order chi connectivity index (χ0) is 19.4. The van der Waals surface area contributed by atoms with Gasteiger partial charge in [-0.3, -0.25) is 0 Å². The lowest BCUT2D eigenvalue weighted by Gasteiger charge is -2.39. The van der Waals surface area contributed by atoms with E-state index in [0.717, 1.165) is 33.3 Å². The number of para-hydroxylation sites is 2. The average Bonchev–Trinajstić information content (AvgIpc) is 2.89. The minimum absolute atomic E-state index is 0.107. The molecule has 0 aliphatic carbocycles. The molecule has 27 heavy (non-hydrogen) atoms. The second-order valence-corrected chi connectivity index (χ2v) is 8.39. The van der Waals surface area contributed by atoms with Gasteiger partial charge in [-0.1, -0.05) is 24.3 Å². The van der Waals surface area contributed by atoms with E-state index in [-0.39, 0.29) is 19.1 Å². The van der Waals surface area contributed by atoms with E-state index in [0.29, 0.717) is 0 Å². The molecule has 2 aromatic carbocycles. The smallest absolute Gasteiger partial charge is 0.322 e. The summed E-state index contributed by atoms with van der Waals surface area (Å²) in [7, 11) is -4.23. The number of aryl methyl sites for hydroxylation is 1. The van der Waals surface area contributed by atoms with Gasteiger partial charge in [0.2, 0.25) is 10.0 Å². The first-order valence-corrected chi connectivity index (χ1v) is 9.73. The normalized spacial score (nSPS) is 16.6. The monoisotopic (exact) mass is 395 g/mol. The minimum atomic E-state index is -4.73. The van der Waals surface area contributed by atoms with Crippen molar-refractivity contribution >= 4 is 21.1 Å². The molecule has 1 saturated heterocycles. The van der Waals surface area contributed by atoms with Crippen molar-refractivity contribution in [3.8, 4) is 0 Å². The van der Waals surface area contributed by atoms with Crippen molar-refractivity contribution in [3.63, 3.8) is 0 Å². The van der Waals surface area contributed by atoms with Gasteiger partial charge < -0.3 is 4.57 Å². The van der Waals surface area contributed by atoms with Crippen LogP contribution >= 0.6 is 0 Å². The van der Waals surface area contributed by atoms with Crippen LogP contribution in [0.1, 0.15) is 17.4 Å². The van der Waals surface area contributed by atoms with Gasteiger partial charge in [0.1, 0.15) is 5.82 Å². The second-order valence-electron chi connectivity index (χ2n) is 6.49. The van der Waals surface area contributed by atoms with Gasteiger partial charge in [-0.25, -0.2) is 13.4 Å². The van der Waals surface area contributed by atoms with Crippen LogP contribution in [0.2, 0.25) is 0 Å². The van der Waals surface area contributed by atoms with Gasteiger partial charge in [0.05, 0.1) is 27.5 Å². The Morgan fingerprint density at radius 3 is 2.37 bits per heavy atom. The lowest BCUT2D eigenvalue weighted by atomic mass is 10.1. The third-order valence-electron chi connectivity index (χ3n) is 4.78. The number of fused-ring (bicyclic) bond motifs is 1. The lowest BCUT2D eigenvalue weighted by molar-refractivity contribution is -0.139. The van der Waals surface area contributed by atoms with E-state index in [1.165, 1.54) is 12.1 Å². The van der Waals surface area contributed by atoms with E-state index in [9.17, 15) is 21.6 Å². The molecule has 2 heterocycles. The Hall–Kier alpha value is -2.39. The maximum absolute atomic E-state index is 13.2. The van der Waals surface area contributed by atoms with E-state index in [1.54, 1.807) is 0 Å². The molecule has 0 N–H and O–H groups in total. The molecule has 0 spiro atoms. The first kappa shape index (κ1) is 18.0. The van der Waals surface area contributed by atoms with Crippen molar-refractivity contribution in [2.24, 2.45) is 0 Å².